The van der Waals surface area contributed by atoms with Gasteiger partial charge in [0.2, 0.25) is 5.82 Å². The minimum atomic E-state index is -1.13. The average Bonchev–Trinajstić information content (AvgIpc) is 3.05. The van der Waals surface area contributed by atoms with Crippen molar-refractivity contribution in [3.05, 3.63) is 11.6 Å². The fourth-order valence-corrected chi connectivity index (χ4v) is 1.52. The molecule has 0 atom stereocenters. The van der Waals surface area contributed by atoms with Crippen LogP contribution in [0.25, 0.3) is 0 Å². The first kappa shape index (κ1) is 12.1. The Hall–Kier alpha value is -2.36. The molecule has 0 bridgehead atoms. The smallest absolute Gasteiger partial charge is 0.323 e. The molecule has 0 unspecified atom stereocenters. The molecule has 7 nitrogen and oxygen atoms in total. The number of aliphatic carboxylic acids is 1. The van der Waals surface area contributed by atoms with Crippen molar-refractivity contribution in [2.24, 2.45) is 0 Å². The van der Waals surface area contributed by atoms with Gasteiger partial charge in [0.25, 0.3) is 5.91 Å². The first-order chi connectivity index (χ1) is 8.61. The lowest BCUT2D eigenvalue weighted by Crippen LogP contribution is -2.36. The van der Waals surface area contributed by atoms with E-state index in [0.29, 0.717) is 11.7 Å². The maximum atomic E-state index is 11.9. The van der Waals surface area contributed by atoms with E-state index in [1.807, 2.05) is 0 Å². The summed E-state index contributed by atoms with van der Waals surface area (Å²) in [4.78, 5) is 27.7. The lowest BCUT2D eigenvalue weighted by molar-refractivity contribution is -0.137. The molecule has 1 aliphatic rings. The second-order valence-electron chi connectivity index (χ2n) is 4.08. The van der Waals surface area contributed by atoms with Gasteiger partial charge in [-0.05, 0) is 12.8 Å². The van der Waals surface area contributed by atoms with Gasteiger partial charge in [-0.15, -0.1) is 11.5 Å². The maximum absolute atomic E-state index is 11.9. The lowest BCUT2D eigenvalue weighted by atomic mass is 10.4. The third-order valence-electron chi connectivity index (χ3n) is 2.55. The molecule has 1 amide bonds. The fraction of sp³-hybridized carbons (Fsp3) is 0.455. The molecule has 1 saturated carbocycles. The molecule has 1 heterocycles. The zero-order valence-electron chi connectivity index (χ0n) is 9.59. The Morgan fingerprint density at radius 3 is 2.83 bits per heavy atom. The van der Waals surface area contributed by atoms with Gasteiger partial charge in [0.15, 0.2) is 0 Å². The van der Waals surface area contributed by atoms with E-state index in [-0.39, 0.29) is 12.4 Å². The van der Waals surface area contributed by atoms with Crippen LogP contribution in [0.2, 0.25) is 0 Å². The van der Waals surface area contributed by atoms with E-state index in [1.54, 1.807) is 0 Å². The summed E-state index contributed by atoms with van der Waals surface area (Å²) in [6.07, 6.45) is 7.17. The van der Waals surface area contributed by atoms with Gasteiger partial charge in [-0.3, -0.25) is 14.7 Å². The standard InChI is InChI=1S/C11H12N4O3/c1-2-5-15(6-8(16)17)11(18)10-12-9(13-14-10)7-3-4-7/h1,7H,3-6H2,(H,16,17)(H,12,13,14). The topological polar surface area (TPSA) is 99.2 Å². The van der Waals surface area contributed by atoms with Crippen molar-refractivity contribution < 1.29 is 14.7 Å². The number of aromatic amines is 1. The average molecular weight is 248 g/mol. The highest BCUT2D eigenvalue weighted by molar-refractivity contribution is 5.92. The predicted octanol–water partition coefficient (Wildman–Crippen LogP) is -0.158. The number of nitrogens with zero attached hydrogens (tertiary/aromatic N) is 3. The van der Waals surface area contributed by atoms with Crippen LogP contribution in [0.5, 0.6) is 0 Å². The summed E-state index contributed by atoms with van der Waals surface area (Å²) in [5.41, 5.74) is 0. The van der Waals surface area contributed by atoms with Crippen LogP contribution in [0.3, 0.4) is 0 Å². The van der Waals surface area contributed by atoms with Gasteiger partial charge in [-0.1, -0.05) is 5.92 Å². The van der Waals surface area contributed by atoms with Gasteiger partial charge < -0.3 is 10.0 Å². The van der Waals surface area contributed by atoms with E-state index in [1.165, 1.54) is 0 Å². The molecule has 0 radical (unpaired) electrons. The second-order valence-corrected chi connectivity index (χ2v) is 4.08. The highest BCUT2D eigenvalue weighted by atomic mass is 16.4. The van der Waals surface area contributed by atoms with E-state index in [2.05, 4.69) is 21.1 Å². The number of carboxylic acids is 1. The van der Waals surface area contributed by atoms with Gasteiger partial charge in [0, 0.05) is 5.92 Å². The quantitative estimate of drug-likeness (QED) is 0.705. The molecule has 1 aromatic heterocycles. The molecule has 18 heavy (non-hydrogen) atoms. The molecule has 1 fully saturated rings. The van der Waals surface area contributed by atoms with Crippen molar-refractivity contribution in [3.63, 3.8) is 0 Å². The number of carbonyl (C=O) groups excluding carboxylic acids is 1. The Labute approximate surface area is 103 Å². The summed E-state index contributed by atoms with van der Waals surface area (Å²) in [5, 5.41) is 15.2. The first-order valence-electron chi connectivity index (χ1n) is 5.48. The highest BCUT2D eigenvalue weighted by Crippen LogP contribution is 2.37. The Morgan fingerprint density at radius 2 is 2.28 bits per heavy atom. The monoisotopic (exact) mass is 248 g/mol. The molecule has 1 aliphatic carbocycles. The van der Waals surface area contributed by atoms with E-state index >= 15 is 0 Å². The largest absolute Gasteiger partial charge is 0.480 e. The normalized spacial score (nSPS) is 13.9. The van der Waals surface area contributed by atoms with Crippen LogP contribution < -0.4 is 0 Å². The molecule has 2 N–H and O–H groups in total. The molecule has 0 saturated heterocycles. The minimum Gasteiger partial charge on any atom is -0.480 e. The molecule has 1 aromatic rings. The molecule has 7 heteroatoms. The number of rotatable bonds is 5. The van der Waals surface area contributed by atoms with Crippen molar-refractivity contribution in [1.29, 1.82) is 0 Å². The number of nitrogens with one attached hydrogen (secondary N) is 1. The summed E-state index contributed by atoms with van der Waals surface area (Å²) in [5.74, 6) is 1.53. The highest BCUT2D eigenvalue weighted by Gasteiger charge is 2.29. The summed E-state index contributed by atoms with van der Waals surface area (Å²) in [7, 11) is 0. The molecule has 0 spiro atoms. The minimum absolute atomic E-state index is 0.0339. The van der Waals surface area contributed by atoms with Crippen LogP contribution in [0, 0.1) is 12.3 Å². The van der Waals surface area contributed by atoms with Crippen molar-refractivity contribution >= 4 is 11.9 Å². The molecular formula is C11H12N4O3. The maximum Gasteiger partial charge on any atom is 0.323 e. The van der Waals surface area contributed by atoms with Crippen molar-refractivity contribution in [2.75, 3.05) is 13.1 Å². The van der Waals surface area contributed by atoms with E-state index in [0.717, 1.165) is 17.7 Å². The summed E-state index contributed by atoms with van der Waals surface area (Å²) >= 11 is 0. The fourth-order valence-electron chi connectivity index (χ4n) is 1.52. The van der Waals surface area contributed by atoms with Gasteiger partial charge >= 0.3 is 5.97 Å². The zero-order chi connectivity index (χ0) is 13.1. The van der Waals surface area contributed by atoms with Gasteiger partial charge in [0.1, 0.15) is 12.4 Å². The van der Waals surface area contributed by atoms with Crippen molar-refractivity contribution in [1.82, 2.24) is 20.1 Å². The second kappa shape index (κ2) is 4.87. The number of hydrogen-bond donors (Lipinski definition) is 2. The zero-order valence-corrected chi connectivity index (χ0v) is 9.59. The van der Waals surface area contributed by atoms with Crippen LogP contribution in [0.1, 0.15) is 35.2 Å². The Morgan fingerprint density at radius 1 is 1.56 bits per heavy atom. The van der Waals surface area contributed by atoms with Crippen LogP contribution in [0.4, 0.5) is 0 Å². The molecule has 0 aromatic carbocycles. The van der Waals surface area contributed by atoms with Crippen LogP contribution in [-0.4, -0.2) is 50.2 Å². The first-order valence-corrected chi connectivity index (χ1v) is 5.48. The van der Waals surface area contributed by atoms with E-state index < -0.39 is 18.4 Å². The van der Waals surface area contributed by atoms with Crippen LogP contribution >= 0.6 is 0 Å². The third kappa shape index (κ3) is 2.66. The van der Waals surface area contributed by atoms with Crippen molar-refractivity contribution in [2.45, 2.75) is 18.8 Å². The van der Waals surface area contributed by atoms with Crippen molar-refractivity contribution in [3.8, 4) is 12.3 Å². The van der Waals surface area contributed by atoms with Gasteiger partial charge in [-0.25, -0.2) is 4.98 Å². The van der Waals surface area contributed by atoms with Crippen LogP contribution in [0.15, 0.2) is 0 Å². The third-order valence-corrected chi connectivity index (χ3v) is 2.55. The molecule has 94 valence electrons. The Bertz CT molecular complexity index is 513. The number of carboxylic acid groups (broad SMARTS) is 1. The molecule has 2 rings (SSSR count). The summed E-state index contributed by atoms with van der Waals surface area (Å²) in [6.45, 7) is -0.547. The van der Waals surface area contributed by atoms with E-state index in [9.17, 15) is 9.59 Å². The number of aromatic nitrogens is 3. The predicted molar refractivity (Wildman–Crippen MR) is 60.7 cm³/mol. The number of H-pyrrole nitrogens is 1. The molecule has 0 aliphatic heterocycles. The van der Waals surface area contributed by atoms with Crippen LogP contribution in [-0.2, 0) is 4.79 Å². The van der Waals surface area contributed by atoms with Gasteiger partial charge in [-0.2, -0.15) is 0 Å². The number of amides is 1. The van der Waals surface area contributed by atoms with E-state index in [4.69, 9.17) is 11.5 Å². The number of carbonyl (C=O) groups is 2. The Balaban J connectivity index is 2.10. The summed E-state index contributed by atoms with van der Waals surface area (Å²) < 4.78 is 0. The van der Waals surface area contributed by atoms with Gasteiger partial charge in [0.05, 0.1) is 6.54 Å². The Kier molecular flexibility index (Phi) is 3.28. The summed E-state index contributed by atoms with van der Waals surface area (Å²) in [6, 6.07) is 0. The number of terminal acetylenes is 1. The SMILES string of the molecule is C#CCN(CC(=O)O)C(=O)c1n[nH]c(C2CC2)n1. The lowest BCUT2D eigenvalue weighted by Gasteiger charge is -2.15. The number of hydrogen-bond acceptors (Lipinski definition) is 4. The molecular weight excluding hydrogens is 236 g/mol.